The lowest BCUT2D eigenvalue weighted by Crippen LogP contribution is -2.42. The molecule has 0 unspecified atom stereocenters. The summed E-state index contributed by atoms with van der Waals surface area (Å²) in [6.07, 6.45) is 5.09. The van der Waals surface area contributed by atoms with Crippen LogP contribution in [-0.4, -0.2) is 23.5 Å². The van der Waals surface area contributed by atoms with E-state index < -0.39 is 0 Å². The maximum absolute atomic E-state index is 5.46. The third kappa shape index (κ3) is 3.05. The van der Waals surface area contributed by atoms with Crippen molar-refractivity contribution in [3.05, 3.63) is 42.1 Å². The smallest absolute Gasteiger partial charge is 0.205 e. The molecule has 1 fully saturated rings. The van der Waals surface area contributed by atoms with E-state index in [2.05, 4.69) is 45.0 Å². The van der Waals surface area contributed by atoms with E-state index in [-0.39, 0.29) is 0 Å². The summed E-state index contributed by atoms with van der Waals surface area (Å²) in [5.41, 5.74) is 4.90. The number of hydrazine groups is 1. The lowest BCUT2D eigenvalue weighted by molar-refractivity contribution is 0.817. The van der Waals surface area contributed by atoms with Crippen LogP contribution in [0.4, 0.5) is 0 Å². The summed E-state index contributed by atoms with van der Waals surface area (Å²) in [7, 11) is 0. The van der Waals surface area contributed by atoms with E-state index in [9.17, 15) is 0 Å². The average molecular weight is 269 g/mol. The first kappa shape index (κ1) is 12.9. The first-order valence-electron chi connectivity index (χ1n) is 6.97. The third-order valence-corrected chi connectivity index (χ3v) is 3.42. The number of fused-ring (bicyclic) bond motifs is 1. The zero-order valence-electron chi connectivity index (χ0n) is 11.3. The Labute approximate surface area is 118 Å². The molecular formula is C15H19N5. The van der Waals surface area contributed by atoms with Gasteiger partial charge in [-0.2, -0.15) is 0 Å². The number of aromatic nitrogens is 1. The van der Waals surface area contributed by atoms with Crippen molar-refractivity contribution in [1.82, 2.24) is 15.7 Å². The van der Waals surface area contributed by atoms with Crippen LogP contribution in [0.5, 0.6) is 0 Å². The lowest BCUT2D eigenvalue weighted by atomic mass is 10.1. The van der Waals surface area contributed by atoms with E-state index in [0.717, 1.165) is 11.9 Å². The first-order valence-corrected chi connectivity index (χ1v) is 6.97. The number of benzene rings is 1. The van der Waals surface area contributed by atoms with E-state index in [4.69, 9.17) is 5.84 Å². The Morgan fingerprint density at radius 1 is 1.30 bits per heavy atom. The molecule has 1 heterocycles. The maximum atomic E-state index is 5.46. The Bertz CT molecular complexity index is 613. The highest BCUT2D eigenvalue weighted by Crippen LogP contribution is 2.18. The third-order valence-electron chi connectivity index (χ3n) is 3.42. The van der Waals surface area contributed by atoms with Gasteiger partial charge in [0.05, 0.1) is 5.52 Å². The van der Waals surface area contributed by atoms with Crippen molar-refractivity contribution in [2.24, 2.45) is 10.8 Å². The van der Waals surface area contributed by atoms with Gasteiger partial charge < -0.3 is 5.32 Å². The van der Waals surface area contributed by atoms with Crippen molar-refractivity contribution in [2.45, 2.75) is 25.3 Å². The number of rotatable bonds is 4. The molecule has 1 saturated carbocycles. The molecule has 0 amide bonds. The van der Waals surface area contributed by atoms with Crippen LogP contribution in [0.2, 0.25) is 0 Å². The van der Waals surface area contributed by atoms with Gasteiger partial charge in [0.25, 0.3) is 0 Å². The molecule has 3 rings (SSSR count). The van der Waals surface area contributed by atoms with Crippen LogP contribution in [0.25, 0.3) is 10.9 Å². The molecule has 5 nitrogen and oxygen atoms in total. The minimum atomic E-state index is 0.545. The van der Waals surface area contributed by atoms with Gasteiger partial charge >= 0.3 is 0 Å². The van der Waals surface area contributed by atoms with Gasteiger partial charge in [-0.25, -0.2) is 5.84 Å². The number of pyridine rings is 1. The summed E-state index contributed by atoms with van der Waals surface area (Å²) >= 11 is 0. The highest BCUT2D eigenvalue weighted by Gasteiger charge is 2.21. The van der Waals surface area contributed by atoms with Gasteiger partial charge in [-0.1, -0.05) is 24.3 Å². The molecule has 0 bridgehead atoms. The van der Waals surface area contributed by atoms with Crippen LogP contribution in [-0.2, 0) is 6.42 Å². The number of hydrogen-bond acceptors (Lipinski definition) is 3. The topological polar surface area (TPSA) is 75.3 Å². The normalized spacial score (nSPS) is 15.3. The maximum Gasteiger partial charge on any atom is 0.205 e. The number of hydrogen-bond donors (Lipinski definition) is 3. The molecule has 0 radical (unpaired) electrons. The summed E-state index contributed by atoms with van der Waals surface area (Å²) in [6, 6.07) is 10.8. The highest BCUT2D eigenvalue weighted by atomic mass is 15.3. The standard InChI is InChI=1S/C15H19N5/c16-20-15(19-13-6-7-13)18-10-8-12-4-1-3-11-5-2-9-17-14(11)12/h1-5,9,13H,6-8,10,16H2,(H2,18,19,20). The van der Waals surface area contributed by atoms with Crippen LogP contribution >= 0.6 is 0 Å². The Hall–Kier alpha value is -2.14. The predicted octanol–water partition coefficient (Wildman–Crippen LogP) is 1.35. The molecular weight excluding hydrogens is 250 g/mol. The van der Waals surface area contributed by atoms with Gasteiger partial charge in [0.2, 0.25) is 5.96 Å². The van der Waals surface area contributed by atoms with Crippen LogP contribution in [0.3, 0.4) is 0 Å². The van der Waals surface area contributed by atoms with Crippen molar-refractivity contribution in [1.29, 1.82) is 0 Å². The zero-order chi connectivity index (χ0) is 13.8. The molecule has 1 aliphatic carbocycles. The molecule has 1 aromatic carbocycles. The summed E-state index contributed by atoms with van der Waals surface area (Å²) in [4.78, 5) is 8.92. The molecule has 5 heteroatoms. The Kier molecular flexibility index (Phi) is 3.78. The van der Waals surface area contributed by atoms with Crippen molar-refractivity contribution in [3.8, 4) is 0 Å². The number of nitrogens with two attached hydrogens (primary N) is 1. The van der Waals surface area contributed by atoms with Gasteiger partial charge in [-0.15, -0.1) is 0 Å². The Morgan fingerprint density at radius 2 is 2.15 bits per heavy atom. The van der Waals surface area contributed by atoms with Gasteiger partial charge in [0, 0.05) is 24.2 Å². The molecule has 0 saturated heterocycles. The second kappa shape index (κ2) is 5.88. The van der Waals surface area contributed by atoms with Crippen molar-refractivity contribution in [3.63, 3.8) is 0 Å². The number of guanidine groups is 1. The van der Waals surface area contributed by atoms with E-state index >= 15 is 0 Å². The fourth-order valence-electron chi connectivity index (χ4n) is 2.21. The van der Waals surface area contributed by atoms with Crippen LogP contribution in [0.1, 0.15) is 18.4 Å². The molecule has 4 N–H and O–H groups in total. The summed E-state index contributed by atoms with van der Waals surface area (Å²) in [5, 5.41) is 4.43. The van der Waals surface area contributed by atoms with Crippen LogP contribution in [0, 0.1) is 0 Å². The van der Waals surface area contributed by atoms with Gasteiger partial charge in [-0.3, -0.25) is 15.4 Å². The molecule has 2 aromatic rings. The predicted molar refractivity (Wildman–Crippen MR) is 81.2 cm³/mol. The van der Waals surface area contributed by atoms with Gasteiger partial charge in [-0.05, 0) is 30.9 Å². The quantitative estimate of drug-likeness (QED) is 0.339. The molecule has 1 aliphatic rings. The molecule has 0 spiro atoms. The largest absolute Gasteiger partial charge is 0.353 e. The van der Waals surface area contributed by atoms with Gasteiger partial charge in [0.1, 0.15) is 0 Å². The van der Waals surface area contributed by atoms with Crippen molar-refractivity contribution < 1.29 is 0 Å². The molecule has 104 valence electrons. The van der Waals surface area contributed by atoms with E-state index in [1.165, 1.54) is 23.8 Å². The molecule has 0 aliphatic heterocycles. The van der Waals surface area contributed by atoms with Crippen molar-refractivity contribution >= 4 is 16.9 Å². The first-order chi connectivity index (χ1) is 9.86. The minimum Gasteiger partial charge on any atom is -0.353 e. The number of nitrogens with one attached hydrogen (secondary N) is 2. The second-order valence-corrected chi connectivity index (χ2v) is 5.04. The Balaban J connectivity index is 1.68. The number of para-hydroxylation sites is 1. The van der Waals surface area contributed by atoms with Crippen molar-refractivity contribution in [2.75, 3.05) is 6.54 Å². The average Bonchev–Trinajstić information content (AvgIpc) is 3.30. The Morgan fingerprint density at radius 3 is 2.95 bits per heavy atom. The lowest BCUT2D eigenvalue weighted by Gasteiger charge is -2.08. The van der Waals surface area contributed by atoms with Crippen LogP contribution in [0.15, 0.2) is 41.5 Å². The van der Waals surface area contributed by atoms with E-state index in [1.54, 1.807) is 0 Å². The minimum absolute atomic E-state index is 0.545. The highest BCUT2D eigenvalue weighted by molar-refractivity contribution is 5.82. The van der Waals surface area contributed by atoms with E-state index in [1.807, 2.05) is 12.3 Å². The van der Waals surface area contributed by atoms with Gasteiger partial charge in [0.15, 0.2) is 0 Å². The summed E-state index contributed by atoms with van der Waals surface area (Å²) in [5.74, 6) is 6.14. The number of aliphatic imine (C=N–C) groups is 1. The SMILES string of the molecule is NNC(=NCCc1cccc2cccnc12)NC1CC1. The summed E-state index contributed by atoms with van der Waals surface area (Å²) in [6.45, 7) is 0.689. The fraction of sp³-hybridized carbons (Fsp3) is 0.333. The second-order valence-electron chi connectivity index (χ2n) is 5.04. The molecule has 0 atom stereocenters. The fourth-order valence-corrected chi connectivity index (χ4v) is 2.21. The van der Waals surface area contributed by atoms with E-state index in [0.29, 0.717) is 18.5 Å². The van der Waals surface area contributed by atoms with Crippen LogP contribution < -0.4 is 16.6 Å². The number of nitrogens with zero attached hydrogens (tertiary/aromatic N) is 2. The molecule has 1 aromatic heterocycles. The zero-order valence-corrected chi connectivity index (χ0v) is 11.3. The summed E-state index contributed by atoms with van der Waals surface area (Å²) < 4.78 is 0. The molecule has 20 heavy (non-hydrogen) atoms. The monoisotopic (exact) mass is 269 g/mol.